The van der Waals surface area contributed by atoms with Crippen LogP contribution in [0.2, 0.25) is 0 Å². The SMILES string of the molecule is CC(C)(CCCCOCC1CO1)[O][Zr]. The molecule has 0 bridgehead atoms. The third kappa shape index (κ3) is 6.28. The zero-order valence-electron chi connectivity index (χ0n) is 9.04. The van der Waals surface area contributed by atoms with Crippen molar-refractivity contribution in [3.05, 3.63) is 0 Å². The normalized spacial score (nSPS) is 21.1. The van der Waals surface area contributed by atoms with E-state index in [0.717, 1.165) is 57.8 Å². The van der Waals surface area contributed by atoms with Gasteiger partial charge < -0.3 is 0 Å². The molecule has 0 saturated carbocycles. The Labute approximate surface area is 102 Å². The molecule has 1 aliphatic rings. The van der Waals surface area contributed by atoms with Gasteiger partial charge in [0.15, 0.2) is 0 Å². The van der Waals surface area contributed by atoms with Gasteiger partial charge in [0, 0.05) is 0 Å². The van der Waals surface area contributed by atoms with Gasteiger partial charge in [0.1, 0.15) is 0 Å². The molecule has 0 aliphatic carbocycles. The number of hydrogen-bond donors (Lipinski definition) is 0. The number of hydrogen-bond acceptors (Lipinski definition) is 3. The first-order valence-corrected chi connectivity index (χ1v) is 6.18. The summed E-state index contributed by atoms with van der Waals surface area (Å²) in [6.45, 7) is 6.80. The van der Waals surface area contributed by atoms with E-state index >= 15 is 0 Å². The molecule has 1 aliphatic heterocycles. The second kappa shape index (κ2) is 6.37. The van der Waals surface area contributed by atoms with Crippen LogP contribution in [0.5, 0.6) is 0 Å². The summed E-state index contributed by atoms with van der Waals surface area (Å²) in [5.74, 6) is 0. The fourth-order valence-electron chi connectivity index (χ4n) is 1.18. The summed E-state index contributed by atoms with van der Waals surface area (Å²) in [5.41, 5.74) is 0.0535. The summed E-state index contributed by atoms with van der Waals surface area (Å²) in [5, 5.41) is 0. The Morgan fingerprint density at radius 3 is 2.71 bits per heavy atom. The second-order valence-electron chi connectivity index (χ2n) is 4.35. The minimum atomic E-state index is 0.0535. The molecule has 0 amide bonds. The van der Waals surface area contributed by atoms with Gasteiger partial charge >= 0.3 is 102 Å². The van der Waals surface area contributed by atoms with Crippen molar-refractivity contribution in [1.82, 2.24) is 0 Å². The predicted molar refractivity (Wildman–Crippen MR) is 49.6 cm³/mol. The van der Waals surface area contributed by atoms with Gasteiger partial charge in [0.2, 0.25) is 0 Å². The van der Waals surface area contributed by atoms with Gasteiger partial charge in [-0.15, -0.1) is 0 Å². The molecule has 0 aromatic carbocycles. The Hall–Kier alpha value is 0.763. The summed E-state index contributed by atoms with van der Waals surface area (Å²) in [4.78, 5) is 0. The van der Waals surface area contributed by atoms with Crippen LogP contribution >= 0.6 is 0 Å². The molecule has 81 valence electrons. The first-order chi connectivity index (χ1) is 6.64. The van der Waals surface area contributed by atoms with Gasteiger partial charge in [-0.2, -0.15) is 0 Å². The first kappa shape index (κ1) is 12.8. The van der Waals surface area contributed by atoms with E-state index in [9.17, 15) is 0 Å². The van der Waals surface area contributed by atoms with Gasteiger partial charge in [0.25, 0.3) is 0 Å². The molecule has 0 aromatic rings. The first-order valence-electron chi connectivity index (χ1n) is 5.18. The zero-order chi connectivity index (χ0) is 10.4. The van der Waals surface area contributed by atoms with Crippen molar-refractivity contribution in [2.24, 2.45) is 0 Å². The quantitative estimate of drug-likeness (QED) is 0.501. The second-order valence-corrected chi connectivity index (χ2v) is 4.85. The Balaban J connectivity index is 1.83. The number of rotatable bonds is 8. The molecule has 1 saturated heterocycles. The molecule has 14 heavy (non-hydrogen) atoms. The van der Waals surface area contributed by atoms with Gasteiger partial charge in [0.05, 0.1) is 0 Å². The van der Waals surface area contributed by atoms with Gasteiger partial charge in [-0.1, -0.05) is 0 Å². The van der Waals surface area contributed by atoms with Gasteiger partial charge in [-0.3, -0.25) is 0 Å². The number of unbranched alkanes of at least 4 members (excludes halogenated alkanes) is 1. The molecule has 0 radical (unpaired) electrons. The van der Waals surface area contributed by atoms with E-state index < -0.39 is 0 Å². The van der Waals surface area contributed by atoms with Crippen LogP contribution in [0.4, 0.5) is 0 Å². The molecule has 1 unspecified atom stereocenters. The van der Waals surface area contributed by atoms with E-state index in [1.807, 2.05) is 0 Å². The van der Waals surface area contributed by atoms with Crippen molar-refractivity contribution in [3.63, 3.8) is 0 Å². The summed E-state index contributed by atoms with van der Waals surface area (Å²) in [7, 11) is 0. The molecule has 1 rings (SSSR count). The molecule has 0 spiro atoms. The monoisotopic (exact) mass is 277 g/mol. The molecular formula is C10H19O3Zr. The molecule has 4 heteroatoms. The van der Waals surface area contributed by atoms with E-state index in [2.05, 4.69) is 13.8 Å². The Morgan fingerprint density at radius 2 is 2.14 bits per heavy atom. The Kier molecular flexibility index (Phi) is 5.84. The molecule has 1 heterocycles. The fourth-order valence-corrected chi connectivity index (χ4v) is 1.44. The van der Waals surface area contributed by atoms with Crippen molar-refractivity contribution in [1.29, 1.82) is 0 Å². The van der Waals surface area contributed by atoms with Crippen LogP contribution in [0.25, 0.3) is 0 Å². The van der Waals surface area contributed by atoms with E-state index in [1.54, 1.807) is 0 Å². The Morgan fingerprint density at radius 1 is 1.43 bits per heavy atom. The van der Waals surface area contributed by atoms with Crippen molar-refractivity contribution < 1.29 is 37.4 Å². The van der Waals surface area contributed by atoms with Crippen LogP contribution in [0.1, 0.15) is 33.1 Å². The van der Waals surface area contributed by atoms with Crippen LogP contribution in [0.15, 0.2) is 0 Å². The average molecular weight is 278 g/mol. The van der Waals surface area contributed by atoms with E-state index in [4.69, 9.17) is 12.3 Å². The predicted octanol–water partition coefficient (Wildman–Crippen LogP) is 1.83. The van der Waals surface area contributed by atoms with Crippen molar-refractivity contribution >= 4 is 0 Å². The average Bonchev–Trinajstić information content (AvgIpc) is 2.95. The third-order valence-electron chi connectivity index (χ3n) is 2.30. The Bertz CT molecular complexity index is 157. The molecule has 1 fully saturated rings. The fraction of sp³-hybridized carbons (Fsp3) is 1.00. The number of epoxide rings is 1. The zero-order valence-corrected chi connectivity index (χ0v) is 11.5. The van der Waals surface area contributed by atoms with Gasteiger partial charge in [-0.25, -0.2) is 0 Å². The maximum absolute atomic E-state index is 5.45. The number of ether oxygens (including phenoxy) is 2. The topological polar surface area (TPSA) is 31.0 Å². The standard InChI is InChI=1S/C10H19O3.Zr/c1-10(2,11)5-3-4-6-12-7-9-8-13-9;/h9H,3-8H2,1-2H3;/q-1;+1. The third-order valence-corrected chi connectivity index (χ3v) is 3.66. The van der Waals surface area contributed by atoms with Crippen LogP contribution in [-0.2, 0) is 37.4 Å². The van der Waals surface area contributed by atoms with Gasteiger partial charge in [-0.05, 0) is 0 Å². The summed E-state index contributed by atoms with van der Waals surface area (Å²) in [6, 6.07) is 0. The van der Waals surface area contributed by atoms with Crippen LogP contribution in [0.3, 0.4) is 0 Å². The summed E-state index contributed by atoms with van der Waals surface area (Å²) in [6.07, 6.45) is 3.80. The van der Waals surface area contributed by atoms with Crippen molar-refractivity contribution in [3.8, 4) is 0 Å². The maximum atomic E-state index is 5.45. The van der Waals surface area contributed by atoms with E-state index in [1.165, 1.54) is 6.42 Å². The minimum absolute atomic E-state index is 0.0535. The summed E-state index contributed by atoms with van der Waals surface area (Å²) < 4.78 is 15.9. The van der Waals surface area contributed by atoms with Crippen LogP contribution < -0.4 is 0 Å². The molecule has 0 N–H and O–H groups in total. The van der Waals surface area contributed by atoms with E-state index in [0.29, 0.717) is 6.10 Å². The van der Waals surface area contributed by atoms with Crippen molar-refractivity contribution in [2.45, 2.75) is 44.8 Å². The molecule has 3 nitrogen and oxygen atoms in total. The summed E-state index contributed by atoms with van der Waals surface area (Å²) >= 11 is 1.16. The molecule has 0 aromatic heterocycles. The molecule has 1 atom stereocenters. The van der Waals surface area contributed by atoms with Crippen molar-refractivity contribution in [2.75, 3.05) is 19.8 Å². The van der Waals surface area contributed by atoms with Crippen LogP contribution in [-0.4, -0.2) is 31.5 Å². The van der Waals surface area contributed by atoms with E-state index in [-0.39, 0.29) is 5.60 Å². The van der Waals surface area contributed by atoms with Crippen LogP contribution in [0, 0.1) is 0 Å². The molecular weight excluding hydrogens is 259 g/mol.